The normalized spacial score (nSPS) is 23.8. The zero-order chi connectivity index (χ0) is 13.0. The molecule has 0 aliphatic heterocycles. The first-order chi connectivity index (χ1) is 8.68. The molecule has 1 aliphatic carbocycles. The van der Waals surface area contributed by atoms with E-state index in [-0.39, 0.29) is 6.10 Å². The molecule has 0 heterocycles. The fourth-order valence-electron chi connectivity index (χ4n) is 3.11. The van der Waals surface area contributed by atoms with Crippen LogP contribution in [0.4, 0.5) is 0 Å². The van der Waals surface area contributed by atoms with Gasteiger partial charge in [0.1, 0.15) is 0 Å². The van der Waals surface area contributed by atoms with Crippen LogP contribution >= 0.6 is 0 Å². The molecule has 18 heavy (non-hydrogen) atoms. The van der Waals surface area contributed by atoms with E-state index in [0.29, 0.717) is 5.92 Å². The van der Waals surface area contributed by atoms with Crippen molar-refractivity contribution < 1.29 is 5.11 Å². The summed E-state index contributed by atoms with van der Waals surface area (Å²) in [5.74, 6) is 1.24. The lowest BCUT2D eigenvalue weighted by atomic mass is 9.88. The first-order valence-corrected chi connectivity index (χ1v) is 7.44. The van der Waals surface area contributed by atoms with Crippen LogP contribution < -0.4 is 0 Å². The molecule has 1 N–H and O–H groups in total. The zero-order valence-electron chi connectivity index (χ0n) is 11.7. The van der Waals surface area contributed by atoms with Crippen LogP contribution in [0.25, 0.3) is 0 Å². The largest absolute Gasteiger partial charge is 0.388 e. The van der Waals surface area contributed by atoms with Crippen LogP contribution in [0.2, 0.25) is 0 Å². The third kappa shape index (κ3) is 3.35. The molecule has 0 fully saturated rings. The van der Waals surface area contributed by atoms with Gasteiger partial charge in [-0.3, -0.25) is 0 Å². The van der Waals surface area contributed by atoms with E-state index in [1.165, 1.54) is 43.2 Å². The van der Waals surface area contributed by atoms with Crippen molar-refractivity contribution in [1.82, 2.24) is 0 Å². The van der Waals surface area contributed by atoms with Crippen molar-refractivity contribution in [2.45, 2.75) is 58.5 Å². The molecule has 0 amide bonds. The van der Waals surface area contributed by atoms with Gasteiger partial charge in [-0.05, 0) is 48.6 Å². The maximum atomic E-state index is 10.6. The first-order valence-electron chi connectivity index (χ1n) is 7.44. The molecule has 2 unspecified atom stereocenters. The molecule has 0 spiro atoms. The minimum Gasteiger partial charge on any atom is -0.388 e. The van der Waals surface area contributed by atoms with Gasteiger partial charge in [-0.1, -0.05) is 51.0 Å². The number of aliphatic hydroxyl groups excluding tert-OH is 1. The van der Waals surface area contributed by atoms with Crippen LogP contribution in [-0.4, -0.2) is 5.11 Å². The van der Waals surface area contributed by atoms with Crippen molar-refractivity contribution in [3.63, 3.8) is 0 Å². The topological polar surface area (TPSA) is 20.2 Å². The Kier molecular flexibility index (Phi) is 4.82. The summed E-state index contributed by atoms with van der Waals surface area (Å²) in [5.41, 5.74) is 2.54. The van der Waals surface area contributed by atoms with Crippen LogP contribution in [0, 0.1) is 11.8 Å². The van der Waals surface area contributed by atoms with Crippen LogP contribution in [0.15, 0.2) is 24.3 Å². The van der Waals surface area contributed by atoms with Gasteiger partial charge in [0.05, 0.1) is 6.10 Å². The number of aliphatic hydroxyl groups is 1. The smallest absolute Gasteiger partial charge is 0.0820 e. The van der Waals surface area contributed by atoms with Crippen LogP contribution in [-0.2, 0) is 6.42 Å². The Morgan fingerprint density at radius 2 is 2.06 bits per heavy atom. The lowest BCUT2D eigenvalue weighted by Crippen LogP contribution is -2.12. The SMILES string of the molecule is CC(C)CCCC1CCCc2ccccc2C1O. The molecule has 0 bridgehead atoms. The van der Waals surface area contributed by atoms with E-state index in [9.17, 15) is 5.11 Å². The summed E-state index contributed by atoms with van der Waals surface area (Å²) in [6.07, 6.45) is 7.00. The second kappa shape index (κ2) is 6.38. The van der Waals surface area contributed by atoms with Crippen LogP contribution in [0.1, 0.15) is 63.2 Å². The Morgan fingerprint density at radius 1 is 1.28 bits per heavy atom. The maximum Gasteiger partial charge on any atom is 0.0820 e. The Hall–Kier alpha value is -0.820. The second-order valence-electron chi connectivity index (χ2n) is 6.12. The van der Waals surface area contributed by atoms with E-state index in [1.807, 2.05) is 0 Å². The van der Waals surface area contributed by atoms with Gasteiger partial charge in [-0.2, -0.15) is 0 Å². The van der Waals surface area contributed by atoms with Gasteiger partial charge < -0.3 is 5.11 Å². The highest BCUT2D eigenvalue weighted by Gasteiger charge is 2.25. The molecule has 1 nitrogen and oxygen atoms in total. The number of hydrogen-bond acceptors (Lipinski definition) is 1. The molecule has 1 aromatic rings. The molecular weight excluding hydrogens is 220 g/mol. The van der Waals surface area contributed by atoms with Crippen molar-refractivity contribution in [2.24, 2.45) is 11.8 Å². The van der Waals surface area contributed by atoms with Crippen molar-refractivity contribution >= 4 is 0 Å². The van der Waals surface area contributed by atoms with Crippen molar-refractivity contribution in [2.75, 3.05) is 0 Å². The number of benzene rings is 1. The lowest BCUT2D eigenvalue weighted by molar-refractivity contribution is 0.0974. The first kappa shape index (κ1) is 13.6. The van der Waals surface area contributed by atoms with Gasteiger partial charge in [0.25, 0.3) is 0 Å². The molecule has 0 radical (unpaired) electrons. The van der Waals surface area contributed by atoms with Crippen LogP contribution in [0.3, 0.4) is 0 Å². The molecule has 0 aromatic heterocycles. The highest BCUT2D eigenvalue weighted by atomic mass is 16.3. The molecule has 2 rings (SSSR count). The number of rotatable bonds is 4. The summed E-state index contributed by atoms with van der Waals surface area (Å²) < 4.78 is 0. The fraction of sp³-hybridized carbons (Fsp3) is 0.647. The predicted molar refractivity (Wildman–Crippen MR) is 76.5 cm³/mol. The number of aryl methyl sites for hydroxylation is 1. The summed E-state index contributed by atoms with van der Waals surface area (Å²) >= 11 is 0. The van der Waals surface area contributed by atoms with Crippen molar-refractivity contribution in [3.05, 3.63) is 35.4 Å². The van der Waals surface area contributed by atoms with Gasteiger partial charge in [0.15, 0.2) is 0 Å². The average molecular weight is 246 g/mol. The summed E-state index contributed by atoms with van der Waals surface area (Å²) in [5, 5.41) is 10.6. The summed E-state index contributed by atoms with van der Waals surface area (Å²) in [6.45, 7) is 4.55. The molecule has 0 saturated carbocycles. The van der Waals surface area contributed by atoms with Gasteiger partial charge in [-0.25, -0.2) is 0 Å². The van der Waals surface area contributed by atoms with Gasteiger partial charge in [0, 0.05) is 0 Å². The quantitative estimate of drug-likeness (QED) is 0.776. The monoisotopic (exact) mass is 246 g/mol. The van der Waals surface area contributed by atoms with E-state index in [1.54, 1.807) is 0 Å². The van der Waals surface area contributed by atoms with Gasteiger partial charge in [-0.15, -0.1) is 0 Å². The van der Waals surface area contributed by atoms with E-state index >= 15 is 0 Å². The Bertz CT molecular complexity index is 370. The number of fused-ring (bicyclic) bond motifs is 1. The molecule has 1 aromatic carbocycles. The molecule has 100 valence electrons. The Balaban J connectivity index is 2.01. The standard InChI is InChI=1S/C17H26O/c1-13(2)7-5-10-15-11-6-9-14-8-3-4-12-16(14)17(15)18/h3-4,8,12-13,15,17-18H,5-7,9-11H2,1-2H3. The molecule has 1 aliphatic rings. The minimum atomic E-state index is -0.240. The van der Waals surface area contributed by atoms with Gasteiger partial charge in [0.2, 0.25) is 0 Å². The van der Waals surface area contributed by atoms with Crippen molar-refractivity contribution in [1.29, 1.82) is 0 Å². The average Bonchev–Trinajstić information content (AvgIpc) is 2.50. The summed E-state index contributed by atoms with van der Waals surface area (Å²) in [4.78, 5) is 0. The molecule has 0 saturated heterocycles. The van der Waals surface area contributed by atoms with E-state index in [4.69, 9.17) is 0 Å². The van der Waals surface area contributed by atoms with E-state index < -0.39 is 0 Å². The fourth-order valence-corrected chi connectivity index (χ4v) is 3.11. The highest BCUT2D eigenvalue weighted by Crippen LogP contribution is 2.36. The highest BCUT2D eigenvalue weighted by molar-refractivity contribution is 5.30. The Morgan fingerprint density at radius 3 is 2.83 bits per heavy atom. The third-order valence-corrected chi connectivity index (χ3v) is 4.20. The Labute approximate surface area is 111 Å². The van der Waals surface area contributed by atoms with Crippen LogP contribution in [0.5, 0.6) is 0 Å². The predicted octanol–water partition coefficient (Wildman–Crippen LogP) is 4.50. The van der Waals surface area contributed by atoms with E-state index in [0.717, 1.165) is 12.3 Å². The minimum absolute atomic E-state index is 0.240. The summed E-state index contributed by atoms with van der Waals surface area (Å²) in [6, 6.07) is 8.43. The van der Waals surface area contributed by atoms with Crippen molar-refractivity contribution in [3.8, 4) is 0 Å². The third-order valence-electron chi connectivity index (χ3n) is 4.20. The molecule has 2 atom stereocenters. The number of hydrogen-bond donors (Lipinski definition) is 1. The van der Waals surface area contributed by atoms with E-state index in [2.05, 4.69) is 38.1 Å². The van der Waals surface area contributed by atoms with Gasteiger partial charge >= 0.3 is 0 Å². The molecular formula is C17H26O. The summed E-state index contributed by atoms with van der Waals surface area (Å²) in [7, 11) is 0. The lowest BCUT2D eigenvalue weighted by Gasteiger charge is -2.22. The molecule has 1 heteroatoms. The zero-order valence-corrected chi connectivity index (χ0v) is 11.7. The maximum absolute atomic E-state index is 10.6. The second-order valence-corrected chi connectivity index (χ2v) is 6.12.